The average Bonchev–Trinajstić information content (AvgIpc) is 3.69. The van der Waals surface area contributed by atoms with Gasteiger partial charge in [0.1, 0.15) is 16.7 Å². The number of rotatable bonds is 0. The first-order valence-electron chi connectivity index (χ1n) is 12.0. The zero-order valence-electron chi connectivity index (χ0n) is 18.8. The molecule has 0 saturated carbocycles. The molecule has 0 unspecified atom stereocenters. The molecular weight excluding hydrogens is 446 g/mol. The molecule has 0 aliphatic heterocycles. The standard InChI is InChI=1S/C30H15N5O/c1-2-7-17-16(6-1)12-14-20-26(17)32-30-33(20)21-9-5-10-22-28(21)35(30)29-31-19-13-15-24-25(27(19)34(22)29)18-8-3-4-11-23(18)36-24/h1-15H. The van der Waals surface area contributed by atoms with Gasteiger partial charge in [-0.1, -0.05) is 54.6 Å². The number of nitrogens with zero attached hydrogens (tertiary/aromatic N) is 5. The third-order valence-electron chi connectivity index (χ3n) is 7.77. The third-order valence-corrected chi connectivity index (χ3v) is 7.77. The molecule has 6 nitrogen and oxygen atoms in total. The monoisotopic (exact) mass is 461 g/mol. The predicted octanol–water partition coefficient (Wildman–Crippen LogP) is 7.18. The van der Waals surface area contributed by atoms with Gasteiger partial charge >= 0.3 is 0 Å². The molecule has 0 aliphatic carbocycles. The first-order valence-corrected chi connectivity index (χ1v) is 12.0. The van der Waals surface area contributed by atoms with Crippen molar-refractivity contribution < 1.29 is 4.42 Å². The lowest BCUT2D eigenvalue weighted by Gasteiger charge is -2.00. The molecule has 0 amide bonds. The highest BCUT2D eigenvalue weighted by atomic mass is 16.3. The van der Waals surface area contributed by atoms with Crippen molar-refractivity contribution in [2.45, 2.75) is 0 Å². The van der Waals surface area contributed by atoms with Gasteiger partial charge < -0.3 is 4.42 Å². The third kappa shape index (κ3) is 1.76. The summed E-state index contributed by atoms with van der Waals surface area (Å²) in [7, 11) is 0. The number of fused-ring (bicyclic) bond motifs is 16. The van der Waals surface area contributed by atoms with Gasteiger partial charge in [-0.2, -0.15) is 0 Å². The number of imidazole rings is 4. The van der Waals surface area contributed by atoms with Crippen LogP contribution in [0, 0.1) is 0 Å². The van der Waals surface area contributed by atoms with Crippen LogP contribution in [0.1, 0.15) is 0 Å². The molecule has 0 bridgehead atoms. The summed E-state index contributed by atoms with van der Waals surface area (Å²) >= 11 is 0. The second-order valence-electron chi connectivity index (χ2n) is 9.53. The van der Waals surface area contributed by atoms with Gasteiger partial charge in [-0.15, -0.1) is 0 Å². The van der Waals surface area contributed by atoms with Crippen LogP contribution in [0.2, 0.25) is 0 Å². The van der Waals surface area contributed by atoms with Crippen LogP contribution in [-0.4, -0.2) is 23.2 Å². The first kappa shape index (κ1) is 17.4. The van der Waals surface area contributed by atoms with Crippen molar-refractivity contribution in [3.05, 3.63) is 91.0 Å². The Morgan fingerprint density at radius 1 is 0.528 bits per heavy atom. The normalized spacial score (nSPS) is 13.0. The number of furan rings is 1. The minimum atomic E-state index is 0.864. The molecule has 0 N–H and O–H groups in total. The van der Waals surface area contributed by atoms with Gasteiger partial charge in [-0.05, 0) is 41.8 Å². The summed E-state index contributed by atoms with van der Waals surface area (Å²) < 4.78 is 13.0. The quantitative estimate of drug-likeness (QED) is 0.240. The average molecular weight is 461 g/mol. The molecule has 0 saturated heterocycles. The fourth-order valence-corrected chi connectivity index (χ4v) is 6.33. The van der Waals surface area contributed by atoms with Crippen LogP contribution in [0.15, 0.2) is 95.4 Å². The van der Waals surface area contributed by atoms with E-state index >= 15 is 0 Å². The van der Waals surface area contributed by atoms with E-state index in [0.717, 1.165) is 77.5 Å². The lowest BCUT2D eigenvalue weighted by Crippen LogP contribution is -1.87. The lowest BCUT2D eigenvalue weighted by atomic mass is 10.1. The molecule has 0 aliphatic rings. The number of hydrogen-bond donors (Lipinski definition) is 0. The molecule has 10 aromatic rings. The summed E-state index contributed by atoms with van der Waals surface area (Å²) in [6.07, 6.45) is 0. The van der Waals surface area contributed by atoms with E-state index in [1.807, 2.05) is 18.2 Å². The summed E-state index contributed by atoms with van der Waals surface area (Å²) in [5, 5.41) is 4.56. The van der Waals surface area contributed by atoms with E-state index in [-0.39, 0.29) is 0 Å². The number of aromatic nitrogens is 5. The highest BCUT2D eigenvalue weighted by molar-refractivity contribution is 6.19. The van der Waals surface area contributed by atoms with Crippen molar-refractivity contribution in [1.29, 1.82) is 0 Å². The van der Waals surface area contributed by atoms with E-state index in [9.17, 15) is 0 Å². The van der Waals surface area contributed by atoms with Crippen LogP contribution >= 0.6 is 0 Å². The van der Waals surface area contributed by atoms with E-state index in [4.69, 9.17) is 14.4 Å². The topological polar surface area (TPSA) is 52.2 Å². The van der Waals surface area contributed by atoms with Crippen LogP contribution in [-0.2, 0) is 0 Å². The Balaban J connectivity index is 1.50. The van der Waals surface area contributed by atoms with Crippen LogP contribution in [0.5, 0.6) is 0 Å². The fraction of sp³-hybridized carbons (Fsp3) is 0. The van der Waals surface area contributed by atoms with Crippen molar-refractivity contribution in [2.24, 2.45) is 0 Å². The Morgan fingerprint density at radius 3 is 2.28 bits per heavy atom. The lowest BCUT2D eigenvalue weighted by molar-refractivity contribution is 0.669. The van der Waals surface area contributed by atoms with Crippen molar-refractivity contribution in [1.82, 2.24) is 23.2 Å². The van der Waals surface area contributed by atoms with Crippen molar-refractivity contribution in [2.75, 3.05) is 0 Å². The highest BCUT2D eigenvalue weighted by Gasteiger charge is 2.25. The van der Waals surface area contributed by atoms with E-state index in [2.05, 4.69) is 86.0 Å². The van der Waals surface area contributed by atoms with Crippen molar-refractivity contribution >= 4 is 82.9 Å². The minimum absolute atomic E-state index is 0.864. The molecule has 5 heterocycles. The Morgan fingerprint density at radius 2 is 1.33 bits per heavy atom. The molecular formula is C30H15N5O. The number of para-hydroxylation sites is 2. The summed E-state index contributed by atoms with van der Waals surface area (Å²) in [5.74, 6) is 1.75. The maximum absolute atomic E-state index is 6.21. The highest BCUT2D eigenvalue weighted by Crippen LogP contribution is 2.39. The van der Waals surface area contributed by atoms with Gasteiger partial charge in [0.05, 0.1) is 38.5 Å². The Bertz CT molecular complexity index is 2540. The van der Waals surface area contributed by atoms with Gasteiger partial charge in [-0.3, -0.25) is 8.80 Å². The molecule has 0 fully saturated rings. The molecule has 166 valence electrons. The van der Waals surface area contributed by atoms with Gasteiger partial charge in [-0.25, -0.2) is 14.4 Å². The first-order chi connectivity index (χ1) is 17.9. The second-order valence-corrected chi connectivity index (χ2v) is 9.53. The molecule has 0 spiro atoms. The van der Waals surface area contributed by atoms with Gasteiger partial charge in [0, 0.05) is 10.8 Å². The minimum Gasteiger partial charge on any atom is -0.456 e. The fourth-order valence-electron chi connectivity index (χ4n) is 6.33. The van der Waals surface area contributed by atoms with Gasteiger partial charge in [0.25, 0.3) is 0 Å². The number of hydrogen-bond acceptors (Lipinski definition) is 3. The van der Waals surface area contributed by atoms with Gasteiger partial charge in [0.2, 0.25) is 11.6 Å². The second kappa shape index (κ2) is 5.58. The Kier molecular flexibility index (Phi) is 2.69. The smallest absolute Gasteiger partial charge is 0.223 e. The largest absolute Gasteiger partial charge is 0.456 e. The van der Waals surface area contributed by atoms with E-state index in [0.29, 0.717) is 0 Å². The maximum atomic E-state index is 6.21. The molecule has 5 aromatic heterocycles. The molecule has 0 radical (unpaired) electrons. The number of benzene rings is 5. The summed E-state index contributed by atoms with van der Waals surface area (Å²) in [6.45, 7) is 0. The van der Waals surface area contributed by atoms with Crippen molar-refractivity contribution in [3.63, 3.8) is 0 Å². The van der Waals surface area contributed by atoms with Crippen molar-refractivity contribution in [3.8, 4) is 0 Å². The van der Waals surface area contributed by atoms with Crippen LogP contribution in [0.3, 0.4) is 0 Å². The van der Waals surface area contributed by atoms with Crippen LogP contribution in [0.25, 0.3) is 82.9 Å². The van der Waals surface area contributed by atoms with Crippen LogP contribution < -0.4 is 0 Å². The Hall–Kier alpha value is -5.10. The predicted molar refractivity (Wildman–Crippen MR) is 143 cm³/mol. The van der Waals surface area contributed by atoms with Gasteiger partial charge in [0.15, 0.2) is 0 Å². The molecule has 0 atom stereocenters. The van der Waals surface area contributed by atoms with E-state index < -0.39 is 0 Å². The molecule has 6 heteroatoms. The van der Waals surface area contributed by atoms with E-state index in [1.54, 1.807) is 0 Å². The summed E-state index contributed by atoms with van der Waals surface area (Å²) in [6, 6.07) is 31.6. The summed E-state index contributed by atoms with van der Waals surface area (Å²) in [5.41, 5.74) is 9.27. The zero-order chi connectivity index (χ0) is 23.1. The maximum Gasteiger partial charge on any atom is 0.223 e. The molecule has 36 heavy (non-hydrogen) atoms. The molecule has 10 rings (SSSR count). The zero-order valence-corrected chi connectivity index (χ0v) is 18.8. The Labute approximate surface area is 201 Å². The van der Waals surface area contributed by atoms with Crippen LogP contribution in [0.4, 0.5) is 0 Å². The van der Waals surface area contributed by atoms with E-state index in [1.165, 1.54) is 5.39 Å². The summed E-state index contributed by atoms with van der Waals surface area (Å²) in [4.78, 5) is 10.4. The molecule has 5 aromatic carbocycles. The SMILES string of the molecule is c1ccc2c(c1)ccc1c2nc2n1c1cccc3c1n2c1nc2ccc4oc5ccccc5c4c2n31.